The first kappa shape index (κ1) is 13.1. The summed E-state index contributed by atoms with van der Waals surface area (Å²) in [6.45, 7) is 1.78. The van der Waals surface area contributed by atoms with Gasteiger partial charge in [0.15, 0.2) is 0 Å². The Hall–Kier alpha value is 1.51. The minimum Gasteiger partial charge on any atom is -0.264 e. The normalized spacial score (nSPS) is 10.4. The molecular weight excluding hydrogens is 171 g/mol. The molecule has 0 saturated heterocycles. The molecule has 0 heterocycles. The van der Waals surface area contributed by atoms with Crippen molar-refractivity contribution in [1.29, 1.82) is 0 Å². The van der Waals surface area contributed by atoms with E-state index in [2.05, 4.69) is 4.18 Å². The molecular formula is C3H8KO4S+. The molecule has 50 valence electrons. The van der Waals surface area contributed by atoms with Crippen molar-refractivity contribution in [1.82, 2.24) is 0 Å². The standard InChI is InChI=1S/C3H8O4S.K/c1-2-3-7-8(4,5)6;/h2-3H2,1H3,(H,4,5,6);/q;+1. The van der Waals surface area contributed by atoms with Gasteiger partial charge in [-0.25, -0.2) is 4.18 Å². The maximum absolute atomic E-state index is 9.72. The van der Waals surface area contributed by atoms with Crippen molar-refractivity contribution in [2.24, 2.45) is 0 Å². The summed E-state index contributed by atoms with van der Waals surface area (Å²) in [4.78, 5) is 0. The molecule has 0 atom stereocenters. The fourth-order valence-electron chi connectivity index (χ4n) is 0.189. The van der Waals surface area contributed by atoms with Crippen LogP contribution in [0.25, 0.3) is 0 Å². The van der Waals surface area contributed by atoms with E-state index < -0.39 is 10.4 Å². The zero-order valence-corrected chi connectivity index (χ0v) is 9.43. The van der Waals surface area contributed by atoms with Crippen LogP contribution in [0.4, 0.5) is 0 Å². The van der Waals surface area contributed by atoms with Gasteiger partial charge in [-0.3, -0.25) is 4.55 Å². The molecule has 9 heavy (non-hydrogen) atoms. The zero-order chi connectivity index (χ0) is 6.62. The Labute approximate surface area is 97.3 Å². The van der Waals surface area contributed by atoms with Crippen LogP contribution in [0.15, 0.2) is 0 Å². The average Bonchev–Trinajstić information content (AvgIpc) is 1.59. The van der Waals surface area contributed by atoms with E-state index >= 15 is 0 Å². The molecule has 0 fully saturated rings. The second kappa shape index (κ2) is 6.23. The Bertz CT molecular complexity index is 140. The van der Waals surface area contributed by atoms with Gasteiger partial charge < -0.3 is 0 Å². The van der Waals surface area contributed by atoms with Crippen molar-refractivity contribution in [2.75, 3.05) is 6.61 Å². The van der Waals surface area contributed by atoms with Crippen molar-refractivity contribution >= 4 is 10.4 Å². The molecule has 1 N–H and O–H groups in total. The predicted octanol–water partition coefficient (Wildman–Crippen LogP) is -2.78. The molecule has 0 aliphatic carbocycles. The maximum atomic E-state index is 9.72. The van der Waals surface area contributed by atoms with Crippen molar-refractivity contribution < 1.29 is 68.5 Å². The summed E-state index contributed by atoms with van der Waals surface area (Å²) in [5, 5.41) is 0. The van der Waals surface area contributed by atoms with E-state index in [1.54, 1.807) is 6.92 Å². The van der Waals surface area contributed by atoms with Crippen LogP contribution >= 0.6 is 0 Å². The van der Waals surface area contributed by atoms with Crippen LogP contribution in [0.5, 0.6) is 0 Å². The third-order valence-electron chi connectivity index (χ3n) is 0.436. The van der Waals surface area contributed by atoms with Crippen LogP contribution in [0, 0.1) is 0 Å². The van der Waals surface area contributed by atoms with E-state index in [1.807, 2.05) is 0 Å². The van der Waals surface area contributed by atoms with Crippen LogP contribution in [0.3, 0.4) is 0 Å². The molecule has 0 aliphatic heterocycles. The number of hydrogen-bond donors (Lipinski definition) is 1. The van der Waals surface area contributed by atoms with Gasteiger partial charge in [0.1, 0.15) is 0 Å². The Morgan fingerprint density at radius 1 is 1.56 bits per heavy atom. The Morgan fingerprint density at radius 2 is 2.00 bits per heavy atom. The first-order chi connectivity index (χ1) is 3.56. The smallest absolute Gasteiger partial charge is 0.264 e. The monoisotopic (exact) mass is 179 g/mol. The topological polar surface area (TPSA) is 63.6 Å². The first-order valence-electron chi connectivity index (χ1n) is 2.18. The van der Waals surface area contributed by atoms with Crippen molar-refractivity contribution in [3.8, 4) is 0 Å². The molecule has 6 heteroatoms. The molecule has 0 unspecified atom stereocenters. The largest absolute Gasteiger partial charge is 1.00 e. The van der Waals surface area contributed by atoms with E-state index in [0.717, 1.165) is 0 Å². The van der Waals surface area contributed by atoms with Gasteiger partial charge in [-0.05, 0) is 6.42 Å². The molecule has 0 radical (unpaired) electrons. The summed E-state index contributed by atoms with van der Waals surface area (Å²) in [5.74, 6) is 0. The summed E-state index contributed by atoms with van der Waals surface area (Å²) in [6, 6.07) is 0. The second-order valence-corrected chi connectivity index (χ2v) is 2.34. The molecule has 4 nitrogen and oxygen atoms in total. The Kier molecular flexibility index (Phi) is 9.09. The third kappa shape index (κ3) is 12.7. The van der Waals surface area contributed by atoms with Crippen LogP contribution in [0.1, 0.15) is 13.3 Å². The SMILES string of the molecule is CCCOS(=O)(=O)O.[K+]. The summed E-state index contributed by atoms with van der Waals surface area (Å²) in [6.07, 6.45) is 0.569. The van der Waals surface area contributed by atoms with E-state index in [0.29, 0.717) is 6.42 Å². The van der Waals surface area contributed by atoms with Crippen LogP contribution in [-0.2, 0) is 14.6 Å². The molecule has 0 amide bonds. The molecule has 0 spiro atoms. The molecule has 0 aliphatic rings. The number of hydrogen-bond acceptors (Lipinski definition) is 3. The van der Waals surface area contributed by atoms with E-state index in [4.69, 9.17) is 4.55 Å². The summed E-state index contributed by atoms with van der Waals surface area (Å²) in [5.41, 5.74) is 0. The van der Waals surface area contributed by atoms with Crippen molar-refractivity contribution in [2.45, 2.75) is 13.3 Å². The molecule has 0 bridgehead atoms. The minimum absolute atomic E-state index is 0. The van der Waals surface area contributed by atoms with E-state index in [-0.39, 0.29) is 58.0 Å². The van der Waals surface area contributed by atoms with Crippen molar-refractivity contribution in [3.63, 3.8) is 0 Å². The van der Waals surface area contributed by atoms with Crippen molar-refractivity contribution in [3.05, 3.63) is 0 Å². The number of rotatable bonds is 3. The van der Waals surface area contributed by atoms with Gasteiger partial charge in [-0.2, -0.15) is 8.42 Å². The molecule has 0 aromatic heterocycles. The average molecular weight is 179 g/mol. The first-order valence-corrected chi connectivity index (χ1v) is 3.54. The van der Waals surface area contributed by atoms with Gasteiger partial charge in [-0.15, -0.1) is 0 Å². The zero-order valence-electron chi connectivity index (χ0n) is 5.49. The molecule has 0 saturated carbocycles. The Morgan fingerprint density at radius 3 is 2.11 bits per heavy atom. The van der Waals surface area contributed by atoms with Gasteiger partial charge in [0.25, 0.3) is 0 Å². The van der Waals surface area contributed by atoms with Gasteiger partial charge in [0.2, 0.25) is 0 Å². The minimum atomic E-state index is -4.19. The van der Waals surface area contributed by atoms with E-state index in [9.17, 15) is 8.42 Å². The molecule has 0 rings (SSSR count). The Balaban J connectivity index is 0. The summed E-state index contributed by atoms with van der Waals surface area (Å²) >= 11 is 0. The second-order valence-electron chi connectivity index (χ2n) is 1.25. The van der Waals surface area contributed by atoms with Crippen LogP contribution in [-0.4, -0.2) is 19.6 Å². The van der Waals surface area contributed by atoms with Gasteiger partial charge in [0.05, 0.1) is 6.61 Å². The maximum Gasteiger partial charge on any atom is 1.00 e. The fraction of sp³-hybridized carbons (Fsp3) is 1.00. The van der Waals surface area contributed by atoms with Gasteiger partial charge >= 0.3 is 61.8 Å². The summed E-state index contributed by atoms with van der Waals surface area (Å²) < 4.78 is 31.3. The fourth-order valence-corrected chi connectivity index (χ4v) is 0.566. The van der Waals surface area contributed by atoms with Crippen LogP contribution in [0.2, 0.25) is 0 Å². The summed E-state index contributed by atoms with van der Waals surface area (Å²) in [7, 11) is -4.19. The van der Waals surface area contributed by atoms with Crippen LogP contribution < -0.4 is 51.4 Å². The predicted molar refractivity (Wildman–Crippen MR) is 27.8 cm³/mol. The van der Waals surface area contributed by atoms with E-state index in [1.165, 1.54) is 0 Å². The van der Waals surface area contributed by atoms with Gasteiger partial charge in [-0.1, -0.05) is 6.92 Å². The molecule has 0 aromatic rings. The quantitative estimate of drug-likeness (QED) is 0.376. The van der Waals surface area contributed by atoms with Gasteiger partial charge in [0, 0.05) is 0 Å². The third-order valence-corrected chi connectivity index (χ3v) is 0.901. The molecule has 0 aromatic carbocycles.